The quantitative estimate of drug-likeness (QED) is 0.610. The zero-order chi connectivity index (χ0) is 21.4. The van der Waals surface area contributed by atoms with Gasteiger partial charge in [0.05, 0.1) is 30.5 Å². The number of hydrogen-bond donors (Lipinski definition) is 2. The van der Waals surface area contributed by atoms with E-state index in [0.717, 1.165) is 9.75 Å². The Balaban J connectivity index is 1.75. The van der Waals surface area contributed by atoms with Gasteiger partial charge in [0.2, 0.25) is 5.95 Å². The Morgan fingerprint density at radius 1 is 1.23 bits per heavy atom. The fourth-order valence-electron chi connectivity index (χ4n) is 3.40. The molecule has 0 unspecified atom stereocenters. The van der Waals surface area contributed by atoms with E-state index >= 15 is 0 Å². The van der Waals surface area contributed by atoms with Gasteiger partial charge in [-0.3, -0.25) is 4.79 Å². The minimum Gasteiger partial charge on any atom is -0.495 e. The molecule has 1 aromatic carbocycles. The van der Waals surface area contributed by atoms with Crippen LogP contribution in [-0.4, -0.2) is 34.9 Å². The third-order valence-electron chi connectivity index (χ3n) is 4.79. The molecule has 2 aromatic heterocycles. The van der Waals surface area contributed by atoms with Crippen molar-refractivity contribution in [3.8, 4) is 11.5 Å². The summed E-state index contributed by atoms with van der Waals surface area (Å²) in [6.07, 6.45) is 1.47. The third kappa shape index (κ3) is 3.50. The highest BCUT2D eigenvalue weighted by Crippen LogP contribution is 2.40. The molecule has 4 rings (SSSR count). The van der Waals surface area contributed by atoms with Crippen LogP contribution >= 0.6 is 22.9 Å². The van der Waals surface area contributed by atoms with Crippen molar-refractivity contribution in [2.24, 2.45) is 0 Å². The Morgan fingerprint density at radius 2 is 2.00 bits per heavy atom. The first-order valence-corrected chi connectivity index (χ1v) is 10.3. The number of ether oxygens (including phenoxy) is 2. The molecule has 1 atom stereocenters. The van der Waals surface area contributed by atoms with Crippen LogP contribution in [0.25, 0.3) is 0 Å². The van der Waals surface area contributed by atoms with Crippen LogP contribution in [0.4, 0.5) is 11.6 Å². The molecule has 3 heterocycles. The second-order valence-corrected chi connectivity index (χ2v) is 8.41. The molecule has 8 nitrogen and oxygen atoms in total. The van der Waals surface area contributed by atoms with Crippen molar-refractivity contribution < 1.29 is 14.3 Å². The SMILES string of the molecule is COc1cc(NC(=O)C2=C(C)Nc3ncnn3[C@H]2c2ccc(C)s2)c(OC)cc1Cl. The minimum absolute atomic E-state index is 0.292. The number of halogens is 1. The highest BCUT2D eigenvalue weighted by Gasteiger charge is 2.34. The first-order valence-electron chi connectivity index (χ1n) is 9.09. The average Bonchev–Trinajstić information content (AvgIpc) is 3.36. The maximum atomic E-state index is 13.5. The second-order valence-electron chi connectivity index (χ2n) is 6.68. The van der Waals surface area contributed by atoms with Gasteiger partial charge in [-0.1, -0.05) is 11.6 Å². The van der Waals surface area contributed by atoms with Gasteiger partial charge in [-0.15, -0.1) is 11.3 Å². The molecule has 1 amide bonds. The lowest BCUT2D eigenvalue weighted by Crippen LogP contribution is -2.31. The molecule has 0 aliphatic carbocycles. The van der Waals surface area contributed by atoms with Crippen LogP contribution in [-0.2, 0) is 4.79 Å². The van der Waals surface area contributed by atoms with Gasteiger partial charge in [0.15, 0.2) is 0 Å². The molecule has 156 valence electrons. The van der Waals surface area contributed by atoms with Gasteiger partial charge in [-0.2, -0.15) is 10.1 Å². The van der Waals surface area contributed by atoms with Crippen molar-refractivity contribution in [2.75, 3.05) is 24.9 Å². The zero-order valence-electron chi connectivity index (χ0n) is 16.8. The molecule has 0 saturated heterocycles. The summed E-state index contributed by atoms with van der Waals surface area (Å²) >= 11 is 7.80. The molecular formula is C20H20ClN5O3S. The fourth-order valence-corrected chi connectivity index (χ4v) is 4.60. The molecule has 0 bridgehead atoms. The monoisotopic (exact) mass is 445 g/mol. The summed E-state index contributed by atoms with van der Waals surface area (Å²) in [7, 11) is 3.03. The van der Waals surface area contributed by atoms with E-state index in [-0.39, 0.29) is 5.91 Å². The van der Waals surface area contributed by atoms with Gasteiger partial charge in [-0.25, -0.2) is 4.68 Å². The Labute approximate surface area is 182 Å². The summed E-state index contributed by atoms with van der Waals surface area (Å²) in [6, 6.07) is 6.87. The summed E-state index contributed by atoms with van der Waals surface area (Å²) in [4.78, 5) is 19.8. The summed E-state index contributed by atoms with van der Waals surface area (Å²) < 4.78 is 12.4. The molecule has 10 heteroatoms. The van der Waals surface area contributed by atoms with Crippen LogP contribution in [0.3, 0.4) is 0 Å². The number of hydrogen-bond acceptors (Lipinski definition) is 7. The van der Waals surface area contributed by atoms with Crippen molar-refractivity contribution >= 4 is 40.5 Å². The number of nitrogens with zero attached hydrogens (tertiary/aromatic N) is 3. The summed E-state index contributed by atoms with van der Waals surface area (Å²) in [6.45, 7) is 3.87. The largest absolute Gasteiger partial charge is 0.495 e. The number of nitrogens with one attached hydrogen (secondary N) is 2. The molecule has 1 aliphatic heterocycles. The molecule has 3 aromatic rings. The predicted molar refractivity (Wildman–Crippen MR) is 117 cm³/mol. The zero-order valence-corrected chi connectivity index (χ0v) is 18.4. The predicted octanol–water partition coefficient (Wildman–Crippen LogP) is 4.25. The molecule has 1 aliphatic rings. The van der Waals surface area contributed by atoms with Crippen molar-refractivity contribution in [1.29, 1.82) is 0 Å². The van der Waals surface area contributed by atoms with E-state index in [4.69, 9.17) is 21.1 Å². The Morgan fingerprint density at radius 3 is 2.67 bits per heavy atom. The minimum atomic E-state index is -0.400. The van der Waals surface area contributed by atoms with Gasteiger partial charge >= 0.3 is 0 Å². The number of aryl methyl sites for hydroxylation is 1. The summed E-state index contributed by atoms with van der Waals surface area (Å²) in [5, 5.41) is 10.8. The van der Waals surface area contributed by atoms with Crippen molar-refractivity contribution in [2.45, 2.75) is 19.9 Å². The number of thiophene rings is 1. The van der Waals surface area contributed by atoms with Crippen LogP contribution in [0.5, 0.6) is 11.5 Å². The maximum Gasteiger partial charge on any atom is 0.256 e. The number of carbonyl (C=O) groups is 1. The number of methoxy groups -OCH3 is 2. The molecule has 0 saturated carbocycles. The Bertz CT molecular complexity index is 1150. The number of allylic oxidation sites excluding steroid dienone is 1. The number of aromatic nitrogens is 3. The van der Waals surface area contributed by atoms with Crippen LogP contribution < -0.4 is 20.1 Å². The number of fused-ring (bicyclic) bond motifs is 1. The maximum absolute atomic E-state index is 13.5. The first-order chi connectivity index (χ1) is 14.4. The lowest BCUT2D eigenvalue weighted by Gasteiger charge is -2.28. The van der Waals surface area contributed by atoms with E-state index in [2.05, 4.69) is 20.7 Å². The van der Waals surface area contributed by atoms with E-state index in [9.17, 15) is 4.79 Å². The molecule has 0 fully saturated rings. The molecule has 0 radical (unpaired) electrons. The average molecular weight is 446 g/mol. The van der Waals surface area contributed by atoms with Gasteiger partial charge in [0.1, 0.15) is 23.9 Å². The van der Waals surface area contributed by atoms with Crippen molar-refractivity contribution in [3.63, 3.8) is 0 Å². The van der Waals surface area contributed by atoms with Gasteiger partial charge in [0, 0.05) is 27.6 Å². The molecule has 2 N–H and O–H groups in total. The van der Waals surface area contributed by atoms with E-state index in [1.54, 1.807) is 28.2 Å². The first kappa shape index (κ1) is 20.2. The third-order valence-corrected chi connectivity index (χ3v) is 6.14. The van der Waals surface area contributed by atoms with E-state index in [0.29, 0.717) is 39.4 Å². The van der Waals surface area contributed by atoms with Gasteiger partial charge < -0.3 is 20.1 Å². The van der Waals surface area contributed by atoms with Crippen LogP contribution in [0.1, 0.15) is 22.7 Å². The number of carbonyl (C=O) groups excluding carboxylic acids is 1. The Kier molecular flexibility index (Phi) is 5.40. The fraction of sp³-hybridized carbons (Fsp3) is 0.250. The number of anilines is 2. The van der Waals surface area contributed by atoms with Crippen LogP contribution in [0.2, 0.25) is 5.02 Å². The normalized spacial score (nSPS) is 15.4. The van der Waals surface area contributed by atoms with E-state index in [1.807, 2.05) is 26.0 Å². The smallest absolute Gasteiger partial charge is 0.256 e. The highest BCUT2D eigenvalue weighted by molar-refractivity contribution is 7.12. The number of rotatable bonds is 5. The summed E-state index contributed by atoms with van der Waals surface area (Å²) in [5.74, 6) is 1.16. The summed E-state index contributed by atoms with van der Waals surface area (Å²) in [5.41, 5.74) is 1.68. The standard InChI is InChI=1S/C20H20ClN5O3S/c1-10-5-6-16(30-10)18-17(11(2)24-20-22-9-23-26(18)20)19(27)25-13-8-14(28-3)12(21)7-15(13)29-4/h5-9,18H,1-4H3,(H,25,27)(H,22,23,24)/t18-/m0/s1. The lowest BCUT2D eigenvalue weighted by atomic mass is 10.0. The van der Waals surface area contributed by atoms with Gasteiger partial charge in [-0.05, 0) is 26.0 Å². The number of benzene rings is 1. The second kappa shape index (κ2) is 8.00. The topological polar surface area (TPSA) is 90.3 Å². The van der Waals surface area contributed by atoms with Crippen LogP contribution in [0, 0.1) is 6.92 Å². The molecule has 0 spiro atoms. The Hall–Kier alpha value is -3.04. The van der Waals surface area contributed by atoms with Crippen LogP contribution in [0.15, 0.2) is 41.9 Å². The molecular weight excluding hydrogens is 426 g/mol. The van der Waals surface area contributed by atoms with Crippen molar-refractivity contribution in [3.05, 3.63) is 56.6 Å². The molecule has 30 heavy (non-hydrogen) atoms. The van der Waals surface area contributed by atoms with E-state index < -0.39 is 6.04 Å². The van der Waals surface area contributed by atoms with Crippen molar-refractivity contribution in [1.82, 2.24) is 14.8 Å². The number of amides is 1. The van der Waals surface area contributed by atoms with E-state index in [1.165, 1.54) is 20.5 Å². The lowest BCUT2D eigenvalue weighted by molar-refractivity contribution is -0.113. The van der Waals surface area contributed by atoms with Gasteiger partial charge in [0.25, 0.3) is 5.91 Å². The highest BCUT2D eigenvalue weighted by atomic mass is 35.5.